The normalized spacial score (nSPS) is 17.7. The number of anilines is 3. The summed E-state index contributed by atoms with van der Waals surface area (Å²) < 4.78 is 1.78. The summed E-state index contributed by atoms with van der Waals surface area (Å²) in [5, 5.41) is 14.5. The Balaban J connectivity index is 1.24. The van der Waals surface area contributed by atoms with Gasteiger partial charge in [-0.3, -0.25) is 0 Å². The van der Waals surface area contributed by atoms with Crippen LogP contribution >= 0.6 is 0 Å². The zero-order chi connectivity index (χ0) is 19.5. The summed E-state index contributed by atoms with van der Waals surface area (Å²) in [6, 6.07) is 18.9. The number of hydrogen-bond donors (Lipinski definition) is 2. The van der Waals surface area contributed by atoms with Crippen molar-refractivity contribution in [1.82, 2.24) is 29.9 Å². The van der Waals surface area contributed by atoms with E-state index in [1.165, 1.54) is 11.9 Å². The lowest BCUT2D eigenvalue weighted by atomic mass is 10.1. The van der Waals surface area contributed by atoms with Crippen molar-refractivity contribution in [2.75, 3.05) is 10.6 Å². The number of nitrogens with zero attached hydrogens (tertiary/aromatic N) is 6. The van der Waals surface area contributed by atoms with Crippen LogP contribution in [-0.2, 0) is 6.54 Å². The van der Waals surface area contributed by atoms with Crippen LogP contribution in [0.1, 0.15) is 23.5 Å². The van der Waals surface area contributed by atoms with Crippen LogP contribution in [0.4, 0.5) is 17.6 Å². The van der Waals surface area contributed by atoms with Crippen molar-refractivity contribution >= 4 is 17.6 Å². The van der Waals surface area contributed by atoms with Gasteiger partial charge in [0.05, 0.1) is 12.7 Å². The zero-order valence-corrected chi connectivity index (χ0v) is 15.7. The maximum atomic E-state index is 4.51. The third kappa shape index (κ3) is 4.21. The van der Waals surface area contributed by atoms with Gasteiger partial charge in [0.2, 0.25) is 11.9 Å². The first-order valence-corrected chi connectivity index (χ1v) is 9.54. The van der Waals surface area contributed by atoms with Crippen LogP contribution in [0.2, 0.25) is 0 Å². The zero-order valence-electron chi connectivity index (χ0n) is 15.7. The molecule has 1 aliphatic carbocycles. The Kier molecular flexibility index (Phi) is 4.57. The van der Waals surface area contributed by atoms with E-state index in [2.05, 4.69) is 60.2 Å². The van der Waals surface area contributed by atoms with Crippen LogP contribution in [0.5, 0.6) is 0 Å². The number of rotatable bonds is 7. The van der Waals surface area contributed by atoms with Gasteiger partial charge in [0.25, 0.3) is 0 Å². The van der Waals surface area contributed by atoms with E-state index in [0.717, 1.165) is 17.7 Å². The minimum atomic E-state index is 0.360. The van der Waals surface area contributed by atoms with Crippen molar-refractivity contribution in [3.05, 3.63) is 84.4 Å². The highest BCUT2D eigenvalue weighted by molar-refractivity contribution is 5.55. The fraction of sp³-hybridized carbons (Fsp3) is 0.190. The summed E-state index contributed by atoms with van der Waals surface area (Å²) in [6.45, 7) is 0.655. The van der Waals surface area contributed by atoms with Crippen molar-refractivity contribution in [3.63, 3.8) is 0 Å². The summed E-state index contributed by atoms with van der Waals surface area (Å²) in [5.74, 6) is 1.61. The third-order valence-corrected chi connectivity index (χ3v) is 4.90. The van der Waals surface area contributed by atoms with Gasteiger partial charge in [-0.25, -0.2) is 14.6 Å². The van der Waals surface area contributed by atoms with E-state index in [0.29, 0.717) is 30.4 Å². The Hall–Kier alpha value is -3.81. The average molecular weight is 384 g/mol. The molecule has 2 aromatic heterocycles. The van der Waals surface area contributed by atoms with E-state index in [1.807, 2.05) is 36.5 Å². The molecule has 0 saturated heterocycles. The third-order valence-electron chi connectivity index (χ3n) is 4.90. The molecule has 0 amide bonds. The number of hydrogen-bond acceptors (Lipinski definition) is 7. The lowest BCUT2D eigenvalue weighted by Gasteiger charge is -2.09. The fourth-order valence-electron chi connectivity index (χ4n) is 3.40. The number of benzene rings is 2. The molecule has 2 N–H and O–H groups in total. The van der Waals surface area contributed by atoms with Crippen molar-refractivity contribution in [3.8, 4) is 0 Å². The molecule has 8 heteroatoms. The van der Waals surface area contributed by atoms with E-state index >= 15 is 0 Å². The van der Waals surface area contributed by atoms with Crippen LogP contribution < -0.4 is 10.6 Å². The Morgan fingerprint density at radius 3 is 2.76 bits per heavy atom. The molecule has 0 radical (unpaired) electrons. The Labute approximate surface area is 168 Å². The highest BCUT2D eigenvalue weighted by atomic mass is 15.4. The van der Waals surface area contributed by atoms with Crippen molar-refractivity contribution in [1.29, 1.82) is 0 Å². The largest absolute Gasteiger partial charge is 0.351 e. The van der Waals surface area contributed by atoms with Gasteiger partial charge in [-0.1, -0.05) is 47.7 Å². The highest BCUT2D eigenvalue weighted by Crippen LogP contribution is 2.42. The molecule has 0 bridgehead atoms. The molecule has 1 saturated carbocycles. The maximum absolute atomic E-state index is 4.51. The molecule has 29 heavy (non-hydrogen) atoms. The predicted molar refractivity (Wildman–Crippen MR) is 110 cm³/mol. The molecule has 1 aliphatic rings. The lowest BCUT2D eigenvalue weighted by molar-refractivity contribution is 0.650. The van der Waals surface area contributed by atoms with E-state index in [1.54, 1.807) is 10.9 Å². The summed E-state index contributed by atoms with van der Waals surface area (Å²) in [6.07, 6.45) is 6.12. The summed E-state index contributed by atoms with van der Waals surface area (Å²) in [7, 11) is 0. The Morgan fingerprint density at radius 1 is 1.00 bits per heavy atom. The second-order valence-electron chi connectivity index (χ2n) is 7.06. The number of aromatic nitrogens is 6. The maximum Gasteiger partial charge on any atom is 0.231 e. The quantitative estimate of drug-likeness (QED) is 0.505. The summed E-state index contributed by atoms with van der Waals surface area (Å²) >= 11 is 0. The standard InChI is InChI=1S/C21H20N8/c1-2-6-16(7-3-1)18-12-19(18)26-21-23-14-22-20(27-21)25-17-8-4-5-15(11-17)13-29-10-9-24-28-29/h1-11,14,18-19H,12-13H2,(H2,22,23,25,26,27). The van der Waals surface area contributed by atoms with E-state index < -0.39 is 0 Å². The van der Waals surface area contributed by atoms with Gasteiger partial charge in [-0.2, -0.15) is 4.98 Å². The second kappa shape index (κ2) is 7.67. The minimum absolute atomic E-state index is 0.360. The Morgan fingerprint density at radius 2 is 1.90 bits per heavy atom. The molecule has 0 aliphatic heterocycles. The molecule has 144 valence electrons. The van der Waals surface area contributed by atoms with Gasteiger partial charge >= 0.3 is 0 Å². The van der Waals surface area contributed by atoms with Gasteiger partial charge < -0.3 is 10.6 Å². The SMILES string of the molecule is c1ccc(C2CC2Nc2ncnc(Nc3cccc(Cn4ccnn4)c3)n2)cc1. The fourth-order valence-corrected chi connectivity index (χ4v) is 3.40. The van der Waals surface area contributed by atoms with E-state index in [-0.39, 0.29) is 0 Å². The van der Waals surface area contributed by atoms with E-state index in [4.69, 9.17) is 0 Å². The first kappa shape index (κ1) is 17.3. The van der Waals surface area contributed by atoms with Crippen molar-refractivity contribution < 1.29 is 0 Å². The molecule has 2 unspecified atom stereocenters. The van der Waals surface area contributed by atoms with Gasteiger partial charge in [0.1, 0.15) is 6.33 Å². The summed E-state index contributed by atoms with van der Waals surface area (Å²) in [5.41, 5.74) is 3.37. The number of nitrogens with one attached hydrogen (secondary N) is 2. The van der Waals surface area contributed by atoms with Crippen LogP contribution in [0.25, 0.3) is 0 Å². The highest BCUT2D eigenvalue weighted by Gasteiger charge is 2.38. The van der Waals surface area contributed by atoms with E-state index in [9.17, 15) is 0 Å². The first-order chi connectivity index (χ1) is 14.3. The second-order valence-corrected chi connectivity index (χ2v) is 7.06. The van der Waals surface area contributed by atoms with Crippen LogP contribution in [0.15, 0.2) is 73.3 Å². The minimum Gasteiger partial charge on any atom is -0.351 e. The molecule has 2 aromatic carbocycles. The molecule has 2 atom stereocenters. The summed E-state index contributed by atoms with van der Waals surface area (Å²) in [4.78, 5) is 13.0. The van der Waals surface area contributed by atoms with Gasteiger partial charge in [-0.15, -0.1) is 5.10 Å². The van der Waals surface area contributed by atoms with Gasteiger partial charge in [-0.05, 0) is 29.7 Å². The van der Waals surface area contributed by atoms with Gasteiger partial charge in [0.15, 0.2) is 0 Å². The molecule has 4 aromatic rings. The van der Waals surface area contributed by atoms with Crippen LogP contribution in [0.3, 0.4) is 0 Å². The molecular weight excluding hydrogens is 364 g/mol. The monoisotopic (exact) mass is 384 g/mol. The molecule has 1 fully saturated rings. The topological polar surface area (TPSA) is 93.4 Å². The lowest BCUT2D eigenvalue weighted by Crippen LogP contribution is -2.09. The van der Waals surface area contributed by atoms with Crippen molar-refractivity contribution in [2.45, 2.75) is 24.9 Å². The smallest absolute Gasteiger partial charge is 0.231 e. The van der Waals surface area contributed by atoms with Crippen molar-refractivity contribution in [2.24, 2.45) is 0 Å². The van der Waals surface area contributed by atoms with Gasteiger partial charge in [0, 0.05) is 23.8 Å². The molecule has 5 rings (SSSR count). The first-order valence-electron chi connectivity index (χ1n) is 9.54. The molecule has 0 spiro atoms. The average Bonchev–Trinajstić information content (AvgIpc) is 3.32. The Bertz CT molecular complexity index is 1080. The molecule has 8 nitrogen and oxygen atoms in total. The van der Waals surface area contributed by atoms with Crippen LogP contribution in [0, 0.1) is 0 Å². The molecule has 2 heterocycles. The van der Waals surface area contributed by atoms with Crippen LogP contribution in [-0.4, -0.2) is 36.0 Å². The molecular formula is C21H20N8. The predicted octanol–water partition coefficient (Wildman–Crippen LogP) is 3.22.